The maximum atomic E-state index is 14.5. The van der Waals surface area contributed by atoms with Gasteiger partial charge in [-0.05, 0) is 23.8 Å². The number of carbonyl (C=O) groups excluding carboxylic acids is 1. The van der Waals surface area contributed by atoms with Crippen LogP contribution >= 0.6 is 0 Å². The number of nitrogens with one attached hydrogen (secondary N) is 1. The zero-order valence-corrected chi connectivity index (χ0v) is 17.6. The molecule has 2 heterocycles. The molecule has 0 unspecified atom stereocenters. The van der Waals surface area contributed by atoms with Crippen LogP contribution in [0.2, 0.25) is 0 Å². The van der Waals surface area contributed by atoms with Crippen LogP contribution in [0.4, 0.5) is 13.2 Å². The number of piperazine rings is 1. The number of amides is 1. The van der Waals surface area contributed by atoms with Crippen molar-refractivity contribution in [1.82, 2.24) is 20.0 Å². The summed E-state index contributed by atoms with van der Waals surface area (Å²) < 4.78 is 41.0. The molecule has 0 aliphatic carbocycles. The van der Waals surface area contributed by atoms with Crippen molar-refractivity contribution in [3.8, 4) is 0 Å². The molecule has 1 aromatic heterocycles. The second-order valence-corrected chi connectivity index (χ2v) is 8.17. The van der Waals surface area contributed by atoms with Crippen LogP contribution in [-0.2, 0) is 6.42 Å². The van der Waals surface area contributed by atoms with Crippen LogP contribution in [-0.4, -0.2) is 64.6 Å². The van der Waals surface area contributed by atoms with Crippen LogP contribution in [0.5, 0.6) is 0 Å². The first-order chi connectivity index (χ1) is 15.2. The van der Waals surface area contributed by atoms with Gasteiger partial charge in [-0.15, -0.1) is 0 Å². The smallest absolute Gasteiger partial charge is 0.272 e. The van der Waals surface area contributed by atoms with Crippen LogP contribution in [0.25, 0.3) is 10.8 Å². The van der Waals surface area contributed by atoms with E-state index >= 15 is 0 Å². The summed E-state index contributed by atoms with van der Waals surface area (Å²) in [4.78, 5) is 28.0. The number of carbonyl (C=O) groups is 1. The molecule has 1 fully saturated rings. The number of halogens is 3. The minimum Gasteiger partial charge on any atom is -0.336 e. The lowest BCUT2D eigenvalue weighted by Gasteiger charge is -2.35. The average Bonchev–Trinajstić information content (AvgIpc) is 2.76. The molecule has 1 aliphatic heterocycles. The molecule has 1 saturated heterocycles. The molecule has 1 amide bonds. The third-order valence-electron chi connectivity index (χ3n) is 5.57. The molecule has 0 bridgehead atoms. The fourth-order valence-corrected chi connectivity index (χ4v) is 4.02. The quantitative estimate of drug-likeness (QED) is 0.657. The molecule has 0 radical (unpaired) electrons. The first kappa shape index (κ1) is 22.0. The Morgan fingerprint density at radius 2 is 1.78 bits per heavy atom. The normalized spacial score (nSPS) is 15.3. The van der Waals surface area contributed by atoms with Gasteiger partial charge in [-0.25, -0.2) is 18.3 Å². The molecule has 32 heavy (non-hydrogen) atoms. The van der Waals surface area contributed by atoms with Gasteiger partial charge >= 0.3 is 0 Å². The first-order valence-corrected chi connectivity index (χ1v) is 10.4. The number of hydrogen-bond acceptors (Lipinski definition) is 4. The Kier molecular flexibility index (Phi) is 6.01. The highest BCUT2D eigenvalue weighted by Gasteiger charge is 2.30. The molecule has 0 saturated carbocycles. The second kappa shape index (κ2) is 8.74. The maximum absolute atomic E-state index is 14.5. The Morgan fingerprint density at radius 1 is 1.09 bits per heavy atom. The van der Waals surface area contributed by atoms with E-state index in [2.05, 4.69) is 10.2 Å². The number of H-pyrrole nitrogens is 1. The van der Waals surface area contributed by atoms with Gasteiger partial charge in [-0.2, -0.15) is 5.10 Å². The van der Waals surface area contributed by atoms with Gasteiger partial charge in [0.1, 0.15) is 5.82 Å². The summed E-state index contributed by atoms with van der Waals surface area (Å²) in [5.74, 6) is -3.90. The Hall–Kier alpha value is -3.20. The van der Waals surface area contributed by atoms with Gasteiger partial charge in [-0.3, -0.25) is 14.5 Å². The van der Waals surface area contributed by atoms with Crippen molar-refractivity contribution in [1.29, 1.82) is 0 Å². The van der Waals surface area contributed by atoms with Gasteiger partial charge in [0.15, 0.2) is 0 Å². The van der Waals surface area contributed by atoms with E-state index in [1.807, 2.05) is 0 Å². The number of aromatic amines is 1. The summed E-state index contributed by atoms with van der Waals surface area (Å²) in [6.07, 6.45) is 0.303. The van der Waals surface area contributed by atoms with E-state index in [0.717, 1.165) is 6.92 Å². The van der Waals surface area contributed by atoms with Gasteiger partial charge in [0.2, 0.25) is 0 Å². The zero-order chi connectivity index (χ0) is 22.9. The minimum atomic E-state index is -2.80. The number of benzene rings is 2. The lowest BCUT2D eigenvalue weighted by atomic mass is 10.0. The third kappa shape index (κ3) is 4.83. The lowest BCUT2D eigenvalue weighted by molar-refractivity contribution is -0.0241. The van der Waals surface area contributed by atoms with Gasteiger partial charge in [0, 0.05) is 44.9 Å². The molecular weight excluding hydrogens is 421 g/mol. The first-order valence-electron chi connectivity index (χ1n) is 10.4. The number of fused-ring (bicyclic) bond motifs is 1. The molecule has 9 heteroatoms. The number of alkyl halides is 2. The van der Waals surface area contributed by atoms with E-state index in [9.17, 15) is 22.8 Å². The molecule has 0 atom stereocenters. The van der Waals surface area contributed by atoms with E-state index in [1.165, 1.54) is 17.0 Å². The molecule has 3 aromatic rings. The van der Waals surface area contributed by atoms with Crippen LogP contribution in [0, 0.1) is 5.82 Å². The van der Waals surface area contributed by atoms with Crippen molar-refractivity contribution in [2.24, 2.45) is 0 Å². The Morgan fingerprint density at radius 3 is 2.47 bits per heavy atom. The van der Waals surface area contributed by atoms with Gasteiger partial charge in [-0.1, -0.05) is 24.3 Å². The fraction of sp³-hybridized carbons (Fsp3) is 0.348. The van der Waals surface area contributed by atoms with Crippen molar-refractivity contribution in [3.63, 3.8) is 0 Å². The van der Waals surface area contributed by atoms with Crippen molar-refractivity contribution >= 4 is 16.7 Å². The lowest BCUT2D eigenvalue weighted by Crippen LogP contribution is -2.51. The Bertz CT molecular complexity index is 1200. The predicted molar refractivity (Wildman–Crippen MR) is 115 cm³/mol. The summed E-state index contributed by atoms with van der Waals surface area (Å²) in [6.45, 7) is 1.63. The fourth-order valence-electron chi connectivity index (χ4n) is 4.02. The molecule has 168 valence electrons. The summed E-state index contributed by atoms with van der Waals surface area (Å²) in [6, 6.07) is 11.4. The van der Waals surface area contributed by atoms with Crippen LogP contribution in [0.3, 0.4) is 0 Å². The topological polar surface area (TPSA) is 69.3 Å². The third-order valence-corrected chi connectivity index (χ3v) is 5.57. The van der Waals surface area contributed by atoms with Crippen molar-refractivity contribution < 1.29 is 18.0 Å². The van der Waals surface area contributed by atoms with E-state index in [4.69, 9.17) is 0 Å². The molecule has 4 rings (SSSR count). The zero-order valence-electron chi connectivity index (χ0n) is 17.6. The van der Waals surface area contributed by atoms with E-state index in [1.54, 1.807) is 35.2 Å². The number of nitrogens with zero attached hydrogens (tertiary/aromatic N) is 3. The van der Waals surface area contributed by atoms with Crippen LogP contribution < -0.4 is 5.56 Å². The van der Waals surface area contributed by atoms with Crippen LogP contribution in [0.1, 0.15) is 28.5 Å². The monoisotopic (exact) mass is 444 g/mol. The molecule has 0 spiro atoms. The highest BCUT2D eigenvalue weighted by Crippen LogP contribution is 2.21. The summed E-state index contributed by atoms with van der Waals surface area (Å²) in [5, 5.41) is 7.80. The summed E-state index contributed by atoms with van der Waals surface area (Å²) >= 11 is 0. The summed E-state index contributed by atoms with van der Waals surface area (Å²) in [7, 11) is 0. The van der Waals surface area contributed by atoms with E-state index < -0.39 is 17.6 Å². The summed E-state index contributed by atoms with van der Waals surface area (Å²) in [5.41, 5.74) is 0.924. The molecular formula is C23H23F3N4O2. The number of hydrogen-bond donors (Lipinski definition) is 1. The predicted octanol–water partition coefficient (Wildman–Crippen LogP) is 3.07. The highest BCUT2D eigenvalue weighted by atomic mass is 19.3. The van der Waals surface area contributed by atoms with Crippen molar-refractivity contribution in [2.75, 3.05) is 32.7 Å². The Labute approximate surface area is 182 Å². The average molecular weight is 444 g/mol. The van der Waals surface area contributed by atoms with E-state index in [0.29, 0.717) is 41.5 Å². The maximum Gasteiger partial charge on any atom is 0.272 e. The van der Waals surface area contributed by atoms with Gasteiger partial charge in [0.25, 0.3) is 17.4 Å². The highest BCUT2D eigenvalue weighted by molar-refractivity contribution is 5.95. The standard InChI is InChI=1S/C23H23F3N4O2/c1-23(25,26)14-29-8-10-30(11-9-29)22(32)18-12-15(6-7-19(18)24)13-20-16-4-2-3-5-17(16)21(31)28-27-20/h2-7,12H,8-11,13-14H2,1H3,(H,28,31). The Balaban J connectivity index is 1.52. The second-order valence-electron chi connectivity index (χ2n) is 8.17. The molecule has 6 nitrogen and oxygen atoms in total. The van der Waals surface area contributed by atoms with E-state index in [-0.39, 0.29) is 30.8 Å². The molecule has 2 aromatic carbocycles. The number of aromatic nitrogens is 2. The van der Waals surface area contributed by atoms with Crippen molar-refractivity contribution in [2.45, 2.75) is 19.3 Å². The van der Waals surface area contributed by atoms with Crippen LogP contribution in [0.15, 0.2) is 47.3 Å². The minimum absolute atomic E-state index is 0.0644. The molecule has 1 N–H and O–H groups in total. The largest absolute Gasteiger partial charge is 0.336 e. The van der Waals surface area contributed by atoms with Gasteiger partial charge < -0.3 is 4.90 Å². The number of rotatable bonds is 5. The molecule has 1 aliphatic rings. The van der Waals surface area contributed by atoms with Crippen molar-refractivity contribution in [3.05, 3.63) is 75.5 Å². The van der Waals surface area contributed by atoms with Gasteiger partial charge in [0.05, 0.1) is 23.2 Å². The SMILES string of the molecule is CC(F)(F)CN1CCN(C(=O)c2cc(Cc3n[nH]c(=O)c4ccccc34)ccc2F)CC1.